The van der Waals surface area contributed by atoms with E-state index in [1.54, 1.807) is 36.5 Å². The third-order valence-electron chi connectivity index (χ3n) is 5.45. The minimum Gasteiger partial charge on any atom is -0.495 e. The number of carbonyl (C=O) groups is 1. The predicted octanol–water partition coefficient (Wildman–Crippen LogP) is 7.46. The first-order valence-corrected chi connectivity index (χ1v) is 11.9. The van der Waals surface area contributed by atoms with E-state index >= 15 is 0 Å². The van der Waals surface area contributed by atoms with Crippen molar-refractivity contribution in [3.05, 3.63) is 114 Å². The minimum absolute atomic E-state index is 0.258. The quantitative estimate of drug-likeness (QED) is 0.228. The number of nitrogens with zero attached hydrogens (tertiary/aromatic N) is 2. The Bertz CT molecular complexity index is 1440. The molecule has 5 aromatic rings. The van der Waals surface area contributed by atoms with E-state index in [9.17, 15) is 4.79 Å². The summed E-state index contributed by atoms with van der Waals surface area (Å²) in [6.07, 6.45) is 4.68. The predicted molar refractivity (Wildman–Crippen MR) is 141 cm³/mol. The average Bonchev–Trinajstić information content (AvgIpc) is 3.61. The summed E-state index contributed by atoms with van der Waals surface area (Å²) in [6, 6.07) is 29.5. The molecule has 5 nitrogen and oxygen atoms in total. The van der Waals surface area contributed by atoms with Gasteiger partial charge in [-0.05, 0) is 41.5 Å². The van der Waals surface area contributed by atoms with E-state index < -0.39 is 0 Å². The molecule has 0 N–H and O–H groups in total. The van der Waals surface area contributed by atoms with Crippen molar-refractivity contribution in [1.82, 2.24) is 4.98 Å². The summed E-state index contributed by atoms with van der Waals surface area (Å²) < 4.78 is 10.9. The molecule has 2 aromatic heterocycles. The van der Waals surface area contributed by atoms with Crippen LogP contribution in [-0.2, 0) is 4.79 Å². The molecule has 0 spiro atoms. The molecule has 0 saturated carbocycles. The lowest BCUT2D eigenvalue weighted by Gasteiger charge is -2.20. The average molecular weight is 479 g/mol. The van der Waals surface area contributed by atoms with Crippen LogP contribution in [0.4, 0.5) is 10.8 Å². The van der Waals surface area contributed by atoms with E-state index in [2.05, 4.69) is 24.3 Å². The van der Waals surface area contributed by atoms with Crippen LogP contribution in [0.3, 0.4) is 0 Å². The van der Waals surface area contributed by atoms with Gasteiger partial charge in [-0.2, -0.15) is 0 Å². The normalized spacial score (nSPS) is 11.0. The van der Waals surface area contributed by atoms with E-state index in [4.69, 9.17) is 14.1 Å². The molecule has 35 heavy (non-hydrogen) atoms. The molecule has 3 aromatic carbocycles. The molecule has 0 radical (unpaired) electrons. The Hall–Kier alpha value is -4.42. The Morgan fingerprint density at radius 2 is 1.60 bits per heavy atom. The summed E-state index contributed by atoms with van der Waals surface area (Å²) in [5, 5.41) is 2.50. The van der Waals surface area contributed by atoms with Crippen LogP contribution < -0.4 is 9.64 Å². The van der Waals surface area contributed by atoms with Crippen molar-refractivity contribution in [2.75, 3.05) is 12.0 Å². The summed E-state index contributed by atoms with van der Waals surface area (Å²) in [5.74, 6) is 0.916. The standard InChI is InChI=1S/C29H22N2O3S/c1-33-27-12-6-5-11-26(27)31(28(32)18-17-24-10-7-19-34-24)29-30-25(20-35-29)23-15-13-22(14-16-23)21-8-3-2-4-9-21/h2-20H,1H3/b18-17+. The number of rotatable bonds is 7. The molecule has 172 valence electrons. The zero-order valence-corrected chi connectivity index (χ0v) is 19.8. The summed E-state index contributed by atoms with van der Waals surface area (Å²) in [4.78, 5) is 19.7. The number of hydrogen-bond donors (Lipinski definition) is 0. The number of carbonyl (C=O) groups excluding carboxylic acids is 1. The summed E-state index contributed by atoms with van der Waals surface area (Å²) in [7, 11) is 1.59. The number of benzene rings is 3. The highest BCUT2D eigenvalue weighted by Crippen LogP contribution is 2.37. The Labute approximate surface area is 207 Å². The van der Waals surface area contributed by atoms with Crippen molar-refractivity contribution in [2.45, 2.75) is 0 Å². The number of anilines is 2. The number of methoxy groups -OCH3 is 1. The van der Waals surface area contributed by atoms with E-state index in [1.807, 2.05) is 60.0 Å². The minimum atomic E-state index is -0.258. The van der Waals surface area contributed by atoms with Crippen molar-refractivity contribution in [3.63, 3.8) is 0 Å². The highest BCUT2D eigenvalue weighted by molar-refractivity contribution is 7.14. The van der Waals surface area contributed by atoms with Crippen LogP contribution in [0.15, 0.2) is 113 Å². The number of ether oxygens (including phenoxy) is 1. The van der Waals surface area contributed by atoms with Crippen LogP contribution in [0.1, 0.15) is 5.76 Å². The van der Waals surface area contributed by atoms with Gasteiger partial charge in [0.15, 0.2) is 5.13 Å². The van der Waals surface area contributed by atoms with Crippen LogP contribution in [-0.4, -0.2) is 18.0 Å². The molecule has 0 aliphatic heterocycles. The third-order valence-corrected chi connectivity index (χ3v) is 6.28. The van der Waals surface area contributed by atoms with Gasteiger partial charge in [0, 0.05) is 17.0 Å². The van der Waals surface area contributed by atoms with E-state index in [0.29, 0.717) is 22.3 Å². The van der Waals surface area contributed by atoms with Crippen molar-refractivity contribution in [2.24, 2.45) is 0 Å². The van der Waals surface area contributed by atoms with E-state index in [-0.39, 0.29) is 5.91 Å². The molecular formula is C29H22N2O3S. The first-order chi connectivity index (χ1) is 17.2. The molecule has 0 unspecified atom stereocenters. The molecule has 1 amide bonds. The highest BCUT2D eigenvalue weighted by Gasteiger charge is 2.23. The number of thiazole rings is 1. The molecule has 0 fully saturated rings. The fourth-order valence-electron chi connectivity index (χ4n) is 3.71. The first kappa shape index (κ1) is 22.4. The largest absolute Gasteiger partial charge is 0.495 e. The topological polar surface area (TPSA) is 55.6 Å². The maximum atomic E-state index is 13.4. The van der Waals surface area contributed by atoms with Gasteiger partial charge in [0.25, 0.3) is 5.91 Å². The molecule has 2 heterocycles. The molecule has 0 saturated heterocycles. The zero-order valence-electron chi connectivity index (χ0n) is 19.0. The van der Waals surface area contributed by atoms with E-state index in [1.165, 1.54) is 17.4 Å². The molecule has 0 atom stereocenters. The Kier molecular flexibility index (Phi) is 6.55. The van der Waals surface area contributed by atoms with Crippen molar-refractivity contribution in [3.8, 4) is 28.1 Å². The molecule has 0 aliphatic carbocycles. The maximum absolute atomic E-state index is 13.4. The Balaban J connectivity index is 1.48. The molecule has 0 aliphatic rings. The Morgan fingerprint density at radius 1 is 0.886 bits per heavy atom. The summed E-state index contributed by atoms with van der Waals surface area (Å²) in [6.45, 7) is 0. The second-order valence-electron chi connectivity index (χ2n) is 7.65. The van der Waals surface area contributed by atoms with E-state index in [0.717, 1.165) is 22.4 Å². The van der Waals surface area contributed by atoms with Gasteiger partial charge in [-0.3, -0.25) is 4.79 Å². The van der Waals surface area contributed by atoms with Crippen LogP contribution in [0.5, 0.6) is 5.75 Å². The number of aromatic nitrogens is 1. The summed E-state index contributed by atoms with van der Waals surface area (Å²) in [5.41, 5.74) is 4.69. The second-order valence-corrected chi connectivity index (χ2v) is 8.49. The Morgan fingerprint density at radius 3 is 2.34 bits per heavy atom. The maximum Gasteiger partial charge on any atom is 0.257 e. The number of hydrogen-bond acceptors (Lipinski definition) is 5. The van der Waals surface area contributed by atoms with Gasteiger partial charge in [0.1, 0.15) is 11.5 Å². The van der Waals surface area contributed by atoms with Crippen LogP contribution in [0.25, 0.3) is 28.5 Å². The van der Waals surface area contributed by atoms with Gasteiger partial charge < -0.3 is 9.15 Å². The highest BCUT2D eigenvalue weighted by atomic mass is 32.1. The van der Waals surface area contributed by atoms with Crippen LogP contribution in [0.2, 0.25) is 0 Å². The first-order valence-electron chi connectivity index (χ1n) is 11.0. The number of furan rings is 1. The molecule has 6 heteroatoms. The molecule has 0 bridgehead atoms. The van der Waals surface area contributed by atoms with Crippen molar-refractivity contribution in [1.29, 1.82) is 0 Å². The zero-order chi connectivity index (χ0) is 24.0. The fourth-order valence-corrected chi connectivity index (χ4v) is 4.56. The van der Waals surface area contributed by atoms with Gasteiger partial charge in [-0.1, -0.05) is 66.7 Å². The van der Waals surface area contributed by atoms with Crippen molar-refractivity contribution < 1.29 is 13.9 Å². The lowest BCUT2D eigenvalue weighted by molar-refractivity contribution is -0.113. The lowest BCUT2D eigenvalue weighted by Crippen LogP contribution is -2.24. The third kappa shape index (κ3) is 4.93. The molecule has 5 rings (SSSR count). The number of amides is 1. The lowest BCUT2D eigenvalue weighted by atomic mass is 10.0. The van der Waals surface area contributed by atoms with Gasteiger partial charge in [-0.15, -0.1) is 11.3 Å². The number of para-hydroxylation sites is 2. The smallest absolute Gasteiger partial charge is 0.257 e. The van der Waals surface area contributed by atoms with Crippen LogP contribution in [0, 0.1) is 0 Å². The molecular weight excluding hydrogens is 456 g/mol. The monoisotopic (exact) mass is 478 g/mol. The second kappa shape index (κ2) is 10.2. The van der Waals surface area contributed by atoms with Crippen molar-refractivity contribution >= 4 is 34.1 Å². The van der Waals surface area contributed by atoms with Gasteiger partial charge >= 0.3 is 0 Å². The van der Waals surface area contributed by atoms with Gasteiger partial charge in [0.2, 0.25) is 0 Å². The summed E-state index contributed by atoms with van der Waals surface area (Å²) >= 11 is 1.40. The van der Waals surface area contributed by atoms with Gasteiger partial charge in [0.05, 0.1) is 24.8 Å². The van der Waals surface area contributed by atoms with Gasteiger partial charge in [-0.25, -0.2) is 9.88 Å². The SMILES string of the molecule is COc1ccccc1N(C(=O)/C=C/c1ccco1)c1nc(-c2ccc(-c3ccccc3)cc2)cs1. The van der Waals surface area contributed by atoms with Crippen LogP contribution >= 0.6 is 11.3 Å². The fraction of sp³-hybridized carbons (Fsp3) is 0.0345.